The molecule has 0 saturated carbocycles. The van der Waals surface area contributed by atoms with E-state index in [0.29, 0.717) is 64.5 Å². The molecule has 11 N–H and O–H groups in total. The van der Waals surface area contributed by atoms with Crippen LogP contribution in [0.1, 0.15) is 165 Å². The number of aliphatic carboxylic acids is 3. The van der Waals surface area contributed by atoms with Gasteiger partial charge in [0.05, 0.1) is 47.0 Å². The minimum atomic E-state index is -0.942. The van der Waals surface area contributed by atoms with Crippen molar-refractivity contribution in [1.29, 1.82) is 0 Å². The van der Waals surface area contributed by atoms with Gasteiger partial charge in [0.25, 0.3) is 0 Å². The second kappa shape index (κ2) is 44.1. The summed E-state index contributed by atoms with van der Waals surface area (Å²) in [6, 6.07) is 86.1. The van der Waals surface area contributed by atoms with Gasteiger partial charge in [-0.2, -0.15) is 0 Å². The molecule has 0 radical (unpaired) electrons. The van der Waals surface area contributed by atoms with E-state index in [1.807, 2.05) is 115 Å². The van der Waals surface area contributed by atoms with Crippen molar-refractivity contribution in [3.8, 4) is 0 Å². The molecule has 0 aliphatic carbocycles. The second-order valence-corrected chi connectivity index (χ2v) is 27.4. The molecule has 6 atom stereocenters. The SMILES string of the molecule is CCCCC[C@H](CC(=O)[C@@H](N)Cc1ccccc1)C(=O)O.CCc1ccc(C(NCCCC[C@H](CC(=O)[C@@H](N)Cc2ccccc2)C(=O)O)(c2ccccc2)c2ccccc2)cc1.CCc1ccc(C(NCCCC[C@H](CC(=O)[C@@H](N)Cc2ccccc2)C(=O)O)(c2ccccc2)c2ccccc2)cc1. The molecule has 0 aromatic heterocycles. The first kappa shape index (κ1) is 82.5. The fraction of sp³-hybridized carbons (Fsp3) is 0.341. The van der Waals surface area contributed by atoms with Crippen LogP contribution in [0.25, 0.3) is 0 Å². The van der Waals surface area contributed by atoms with Crippen LogP contribution in [-0.2, 0) is 71.9 Å². The molecule has 0 fully saturated rings. The Morgan fingerprint density at radius 3 is 0.762 bits per heavy atom. The Morgan fingerprint density at radius 2 is 0.533 bits per heavy atom. The Bertz CT molecular complexity index is 3700. The Hall–Kier alpha value is -9.80. The molecule has 0 bridgehead atoms. The first-order chi connectivity index (χ1) is 50.9. The molecule has 0 saturated heterocycles. The number of aryl methyl sites for hydroxylation is 2. The molecule has 105 heavy (non-hydrogen) atoms. The lowest BCUT2D eigenvalue weighted by Crippen LogP contribution is -2.45. The van der Waals surface area contributed by atoms with E-state index in [2.05, 4.69) is 177 Å². The average Bonchev–Trinajstić information content (AvgIpc) is 0.763. The number of nitrogens with one attached hydrogen (secondary N) is 2. The summed E-state index contributed by atoms with van der Waals surface area (Å²) in [4.78, 5) is 73.0. The van der Waals surface area contributed by atoms with E-state index in [1.54, 1.807) is 0 Å². The van der Waals surface area contributed by atoms with Crippen molar-refractivity contribution in [2.24, 2.45) is 35.0 Å². The van der Waals surface area contributed by atoms with E-state index in [0.717, 1.165) is 95.0 Å². The number of carboxylic acids is 3. The summed E-state index contributed by atoms with van der Waals surface area (Å²) >= 11 is 0. The van der Waals surface area contributed by atoms with Crippen molar-refractivity contribution in [3.05, 3.63) is 322 Å². The Morgan fingerprint density at radius 1 is 0.305 bits per heavy atom. The molecule has 14 heteroatoms. The van der Waals surface area contributed by atoms with Crippen LogP contribution in [0.15, 0.2) is 261 Å². The van der Waals surface area contributed by atoms with Crippen LogP contribution in [0.2, 0.25) is 0 Å². The van der Waals surface area contributed by atoms with Gasteiger partial charge in [0, 0.05) is 19.3 Å². The van der Waals surface area contributed by atoms with Crippen molar-refractivity contribution >= 4 is 35.3 Å². The molecule has 0 unspecified atom stereocenters. The number of Topliss-reactive ketones (excluding diaryl/α,β-unsaturated/α-hetero) is 3. The van der Waals surface area contributed by atoms with E-state index in [4.69, 9.17) is 17.2 Å². The number of benzene rings is 9. The molecule has 9 aromatic rings. The molecule has 0 amide bonds. The standard InChI is InChI=1S/2C37H42N2O3.C17H25NO3/c2*1-2-28-21-23-33(24-22-28)37(31-17-8-4-9-18-31,32-19-10-5-11-20-32)39-25-13-12-16-30(36(41)42)27-35(40)34(38)26-29-14-6-3-7-15-29;1-2-3-5-10-14(17(20)21)12-16(19)15(18)11-13-8-6-4-7-9-13/h2*3-11,14-15,17-24,30,34,39H,2,12-13,16,25-27,38H2,1H3,(H,41,42);4,6-9,14-15H,2-3,5,10-12,18H2,1H3,(H,20,21)/t2*30-,34+;14-,15+/m111/s1. The lowest BCUT2D eigenvalue weighted by molar-refractivity contribution is -0.144. The van der Waals surface area contributed by atoms with Crippen molar-refractivity contribution in [3.63, 3.8) is 0 Å². The van der Waals surface area contributed by atoms with Crippen LogP contribution in [0.4, 0.5) is 0 Å². The Labute approximate surface area is 622 Å². The predicted octanol–water partition coefficient (Wildman–Crippen LogP) is 15.9. The van der Waals surface area contributed by atoms with Gasteiger partial charge in [-0.05, 0) is 138 Å². The van der Waals surface area contributed by atoms with E-state index < -0.39 is 64.9 Å². The highest BCUT2D eigenvalue weighted by molar-refractivity contribution is 5.89. The molecule has 0 spiro atoms. The summed E-state index contributed by atoms with van der Waals surface area (Å²) in [6.07, 6.45) is 10.3. The number of ketones is 3. The normalized spacial score (nSPS) is 13.0. The number of hydrogen-bond acceptors (Lipinski definition) is 11. The molecular formula is C91H109N5O9. The number of hydrogen-bond donors (Lipinski definition) is 8. The predicted molar refractivity (Wildman–Crippen MR) is 422 cm³/mol. The van der Waals surface area contributed by atoms with Gasteiger partial charge < -0.3 is 32.5 Å². The van der Waals surface area contributed by atoms with E-state index in [9.17, 15) is 44.1 Å². The highest BCUT2D eigenvalue weighted by Crippen LogP contribution is 2.39. The monoisotopic (exact) mass is 1420 g/mol. The van der Waals surface area contributed by atoms with Gasteiger partial charge >= 0.3 is 17.9 Å². The number of unbranched alkanes of at least 4 members (excludes halogenated alkanes) is 4. The number of rotatable bonds is 42. The molecule has 0 aliphatic rings. The lowest BCUT2D eigenvalue weighted by atomic mass is 9.76. The number of nitrogens with two attached hydrogens (primary N) is 3. The van der Waals surface area contributed by atoms with Crippen molar-refractivity contribution < 1.29 is 44.1 Å². The highest BCUT2D eigenvalue weighted by Gasteiger charge is 2.38. The van der Waals surface area contributed by atoms with Gasteiger partial charge in [-0.15, -0.1) is 0 Å². The second-order valence-electron chi connectivity index (χ2n) is 27.4. The van der Waals surface area contributed by atoms with E-state index >= 15 is 0 Å². The lowest BCUT2D eigenvalue weighted by Gasteiger charge is -2.37. The summed E-state index contributed by atoms with van der Waals surface area (Å²) in [5.41, 5.74) is 29.5. The van der Waals surface area contributed by atoms with Gasteiger partial charge in [0.1, 0.15) is 0 Å². The van der Waals surface area contributed by atoms with Gasteiger partial charge in [-0.1, -0.05) is 314 Å². The van der Waals surface area contributed by atoms with Crippen LogP contribution < -0.4 is 27.8 Å². The van der Waals surface area contributed by atoms with Gasteiger partial charge in [0.15, 0.2) is 17.3 Å². The third kappa shape index (κ3) is 25.5. The maximum Gasteiger partial charge on any atom is 0.306 e. The van der Waals surface area contributed by atoms with Crippen molar-refractivity contribution in [2.45, 2.75) is 166 Å². The fourth-order valence-corrected chi connectivity index (χ4v) is 13.6. The molecule has 9 rings (SSSR count). The van der Waals surface area contributed by atoms with Crippen LogP contribution in [0.3, 0.4) is 0 Å². The van der Waals surface area contributed by atoms with Gasteiger partial charge in [0.2, 0.25) is 0 Å². The molecule has 0 heterocycles. The van der Waals surface area contributed by atoms with Crippen LogP contribution >= 0.6 is 0 Å². The average molecular weight is 1420 g/mol. The quantitative estimate of drug-likeness (QED) is 0.0131. The molecule has 552 valence electrons. The van der Waals surface area contributed by atoms with Gasteiger partial charge in [-0.25, -0.2) is 0 Å². The molecule has 14 nitrogen and oxygen atoms in total. The minimum absolute atomic E-state index is 0.0348. The van der Waals surface area contributed by atoms with Crippen LogP contribution in [-0.4, -0.2) is 81.8 Å². The third-order valence-electron chi connectivity index (χ3n) is 19.8. The number of carbonyl (C=O) groups excluding carboxylic acids is 3. The summed E-state index contributed by atoms with van der Waals surface area (Å²) < 4.78 is 0. The molecule has 9 aromatic carbocycles. The maximum absolute atomic E-state index is 12.8. The van der Waals surface area contributed by atoms with Crippen LogP contribution in [0, 0.1) is 17.8 Å². The van der Waals surface area contributed by atoms with Gasteiger partial charge in [-0.3, -0.25) is 39.4 Å². The zero-order chi connectivity index (χ0) is 75.2. The Kier molecular flexibility index (Phi) is 34.7. The summed E-state index contributed by atoms with van der Waals surface area (Å²) in [5.74, 6) is -5.44. The number of carbonyl (C=O) groups is 6. The van der Waals surface area contributed by atoms with Crippen LogP contribution in [0.5, 0.6) is 0 Å². The van der Waals surface area contributed by atoms with E-state index in [1.165, 1.54) is 11.1 Å². The third-order valence-corrected chi connectivity index (χ3v) is 19.8. The highest BCUT2D eigenvalue weighted by atomic mass is 16.4. The zero-order valence-electron chi connectivity index (χ0n) is 61.5. The summed E-state index contributed by atoms with van der Waals surface area (Å²) in [6.45, 7) is 7.73. The smallest absolute Gasteiger partial charge is 0.306 e. The largest absolute Gasteiger partial charge is 0.481 e. The number of carboxylic acid groups (broad SMARTS) is 3. The first-order valence-corrected chi connectivity index (χ1v) is 37.5. The zero-order valence-corrected chi connectivity index (χ0v) is 61.5. The first-order valence-electron chi connectivity index (χ1n) is 37.5. The fourth-order valence-electron chi connectivity index (χ4n) is 13.6. The minimum Gasteiger partial charge on any atom is -0.481 e. The van der Waals surface area contributed by atoms with Crippen molar-refractivity contribution in [1.82, 2.24) is 10.6 Å². The summed E-state index contributed by atoms with van der Waals surface area (Å²) in [5, 5.41) is 36.7. The summed E-state index contributed by atoms with van der Waals surface area (Å²) in [7, 11) is 0. The Balaban J connectivity index is 0.000000233. The molecule has 0 aliphatic heterocycles. The van der Waals surface area contributed by atoms with Crippen molar-refractivity contribution in [2.75, 3.05) is 13.1 Å². The van der Waals surface area contributed by atoms with E-state index in [-0.39, 0.29) is 36.6 Å². The topological polar surface area (TPSA) is 265 Å². The maximum atomic E-state index is 12.8. The molecular weight excluding hydrogens is 1310 g/mol.